The van der Waals surface area contributed by atoms with Gasteiger partial charge in [-0.2, -0.15) is 0 Å². The standard InChI is InChI=1S/C23H16N2O5/c26-20(19-12-6-7-13-24-19)14-18(15-8-2-1-3-9-15)23(25(29)30)21(27)16-10-4-5-11-17(16)22(23)28/h1-13,18H,14H2. The summed E-state index contributed by atoms with van der Waals surface area (Å²) in [5, 5.41) is 12.4. The van der Waals surface area contributed by atoms with Crippen LogP contribution in [0.25, 0.3) is 0 Å². The number of nitro groups is 1. The Labute approximate surface area is 171 Å². The van der Waals surface area contributed by atoms with Crippen LogP contribution in [0, 0.1) is 10.1 Å². The second kappa shape index (κ2) is 7.44. The van der Waals surface area contributed by atoms with E-state index < -0.39 is 40.2 Å². The number of carbonyl (C=O) groups is 3. The van der Waals surface area contributed by atoms with Crippen LogP contribution in [0.1, 0.15) is 49.1 Å². The predicted octanol–water partition coefficient (Wildman–Crippen LogP) is 3.53. The highest BCUT2D eigenvalue weighted by Gasteiger charge is 2.68. The van der Waals surface area contributed by atoms with Gasteiger partial charge in [-0.05, 0) is 17.7 Å². The van der Waals surface area contributed by atoms with E-state index in [0.717, 1.165) is 0 Å². The van der Waals surface area contributed by atoms with Crippen LogP contribution in [0.4, 0.5) is 0 Å². The topological polar surface area (TPSA) is 107 Å². The van der Waals surface area contributed by atoms with Gasteiger partial charge in [0.1, 0.15) is 5.69 Å². The van der Waals surface area contributed by atoms with Gasteiger partial charge in [-0.3, -0.25) is 29.5 Å². The van der Waals surface area contributed by atoms with E-state index in [9.17, 15) is 24.5 Å². The Kier molecular flexibility index (Phi) is 4.79. The molecule has 0 bridgehead atoms. The summed E-state index contributed by atoms with van der Waals surface area (Å²) in [6, 6.07) is 18.9. The molecule has 0 fully saturated rings. The summed E-state index contributed by atoms with van der Waals surface area (Å²) in [5.41, 5.74) is -2.11. The van der Waals surface area contributed by atoms with E-state index >= 15 is 0 Å². The first-order valence-corrected chi connectivity index (χ1v) is 9.30. The fourth-order valence-electron chi connectivity index (χ4n) is 4.01. The van der Waals surface area contributed by atoms with Gasteiger partial charge in [-0.15, -0.1) is 0 Å². The molecule has 7 nitrogen and oxygen atoms in total. The van der Waals surface area contributed by atoms with E-state index in [1.54, 1.807) is 54.6 Å². The van der Waals surface area contributed by atoms with Crippen molar-refractivity contribution in [2.75, 3.05) is 0 Å². The molecule has 3 aromatic rings. The summed E-state index contributed by atoms with van der Waals surface area (Å²) in [5.74, 6) is -3.55. The number of nitrogens with zero attached hydrogens (tertiary/aromatic N) is 2. The van der Waals surface area contributed by atoms with Gasteiger partial charge >= 0.3 is 5.54 Å². The molecule has 0 amide bonds. The zero-order chi connectivity index (χ0) is 21.3. The second-order valence-electron chi connectivity index (χ2n) is 7.03. The van der Waals surface area contributed by atoms with Crippen molar-refractivity contribution >= 4 is 17.3 Å². The van der Waals surface area contributed by atoms with Crippen molar-refractivity contribution in [2.45, 2.75) is 17.9 Å². The Balaban J connectivity index is 1.89. The zero-order valence-corrected chi connectivity index (χ0v) is 15.7. The maximum absolute atomic E-state index is 13.3. The van der Waals surface area contributed by atoms with Gasteiger partial charge in [0, 0.05) is 28.7 Å². The number of rotatable bonds is 6. The van der Waals surface area contributed by atoms with Crippen molar-refractivity contribution in [3.8, 4) is 0 Å². The second-order valence-corrected chi connectivity index (χ2v) is 7.03. The number of Topliss-reactive ketones (excluding diaryl/α,β-unsaturated/α-hetero) is 3. The number of aromatic nitrogens is 1. The molecule has 0 saturated heterocycles. The molecule has 0 radical (unpaired) electrons. The zero-order valence-electron chi connectivity index (χ0n) is 15.7. The van der Waals surface area contributed by atoms with E-state index in [-0.39, 0.29) is 16.8 Å². The van der Waals surface area contributed by atoms with Crippen LogP contribution < -0.4 is 0 Å². The van der Waals surface area contributed by atoms with Crippen molar-refractivity contribution in [3.05, 3.63) is 111 Å². The number of fused-ring (bicyclic) bond motifs is 1. The molecule has 1 aliphatic rings. The molecule has 1 atom stereocenters. The molecule has 1 unspecified atom stereocenters. The number of hydrogen-bond acceptors (Lipinski definition) is 6. The molecule has 2 aromatic carbocycles. The molecule has 7 heteroatoms. The van der Waals surface area contributed by atoms with Gasteiger partial charge in [0.15, 0.2) is 5.78 Å². The lowest BCUT2D eigenvalue weighted by atomic mass is 9.73. The van der Waals surface area contributed by atoms with Crippen molar-refractivity contribution in [3.63, 3.8) is 0 Å². The molecule has 0 spiro atoms. The quantitative estimate of drug-likeness (QED) is 0.271. The van der Waals surface area contributed by atoms with Crippen LogP contribution in [0.15, 0.2) is 79.0 Å². The molecule has 0 N–H and O–H groups in total. The van der Waals surface area contributed by atoms with Crippen LogP contribution in [0.5, 0.6) is 0 Å². The van der Waals surface area contributed by atoms with E-state index in [2.05, 4.69) is 4.98 Å². The normalized spacial score (nSPS) is 15.5. The number of pyridine rings is 1. The van der Waals surface area contributed by atoms with Crippen LogP contribution in [0.3, 0.4) is 0 Å². The van der Waals surface area contributed by atoms with Crippen LogP contribution in [0.2, 0.25) is 0 Å². The molecule has 0 aliphatic heterocycles. The Hall–Kier alpha value is -4.00. The van der Waals surface area contributed by atoms with Crippen molar-refractivity contribution in [1.82, 2.24) is 4.98 Å². The Morgan fingerprint density at radius 2 is 1.47 bits per heavy atom. The lowest BCUT2D eigenvalue weighted by Crippen LogP contribution is -2.54. The highest BCUT2D eigenvalue weighted by atomic mass is 16.6. The third kappa shape index (κ3) is 2.83. The summed E-state index contributed by atoms with van der Waals surface area (Å²) in [7, 11) is 0. The third-order valence-electron chi connectivity index (χ3n) is 5.44. The van der Waals surface area contributed by atoms with Crippen molar-refractivity contribution in [2.24, 2.45) is 0 Å². The Morgan fingerprint density at radius 3 is 2.00 bits per heavy atom. The summed E-state index contributed by atoms with van der Waals surface area (Å²) in [4.78, 5) is 55.1. The summed E-state index contributed by atoms with van der Waals surface area (Å²) < 4.78 is 0. The van der Waals surface area contributed by atoms with Gasteiger partial charge < -0.3 is 0 Å². The minimum atomic E-state index is -2.60. The molecule has 0 saturated carbocycles. The summed E-state index contributed by atoms with van der Waals surface area (Å²) >= 11 is 0. The molecule has 1 aromatic heterocycles. The molecule has 1 heterocycles. The number of ketones is 3. The lowest BCUT2D eigenvalue weighted by molar-refractivity contribution is -0.534. The average Bonchev–Trinajstić information content (AvgIpc) is 3.01. The van der Waals surface area contributed by atoms with Crippen molar-refractivity contribution < 1.29 is 19.3 Å². The van der Waals surface area contributed by atoms with E-state index in [1.807, 2.05) is 0 Å². The molecule has 1 aliphatic carbocycles. The minimum absolute atomic E-state index is 0.00502. The largest absolute Gasteiger partial charge is 0.352 e. The fraction of sp³-hybridized carbons (Fsp3) is 0.130. The Bertz CT molecular complexity index is 1120. The van der Waals surface area contributed by atoms with Gasteiger partial charge in [-0.1, -0.05) is 60.7 Å². The Morgan fingerprint density at radius 1 is 0.900 bits per heavy atom. The highest BCUT2D eigenvalue weighted by molar-refractivity contribution is 6.32. The number of carbonyl (C=O) groups excluding carboxylic acids is 3. The first-order chi connectivity index (χ1) is 14.5. The van der Waals surface area contributed by atoms with E-state index in [0.29, 0.717) is 5.56 Å². The third-order valence-corrected chi connectivity index (χ3v) is 5.44. The predicted molar refractivity (Wildman–Crippen MR) is 107 cm³/mol. The monoisotopic (exact) mass is 400 g/mol. The summed E-state index contributed by atoms with van der Waals surface area (Å²) in [6.07, 6.45) is 1.03. The lowest BCUT2D eigenvalue weighted by Gasteiger charge is -2.27. The molecular formula is C23H16N2O5. The number of hydrogen-bond donors (Lipinski definition) is 0. The first kappa shape index (κ1) is 19.3. The first-order valence-electron chi connectivity index (χ1n) is 9.30. The van der Waals surface area contributed by atoms with Gasteiger partial charge in [0.2, 0.25) is 11.6 Å². The maximum atomic E-state index is 13.3. The smallest absolute Gasteiger partial charge is 0.292 e. The molecule has 4 rings (SSSR count). The van der Waals surface area contributed by atoms with Gasteiger partial charge in [0.05, 0.1) is 5.92 Å². The van der Waals surface area contributed by atoms with Gasteiger partial charge in [-0.25, -0.2) is 0 Å². The van der Waals surface area contributed by atoms with Crippen LogP contribution in [-0.2, 0) is 0 Å². The maximum Gasteiger partial charge on any atom is 0.352 e. The van der Waals surface area contributed by atoms with E-state index in [1.165, 1.54) is 24.4 Å². The van der Waals surface area contributed by atoms with Crippen molar-refractivity contribution in [1.29, 1.82) is 0 Å². The van der Waals surface area contributed by atoms with Gasteiger partial charge in [0.25, 0.3) is 0 Å². The van der Waals surface area contributed by atoms with Crippen LogP contribution >= 0.6 is 0 Å². The molecule has 30 heavy (non-hydrogen) atoms. The van der Waals surface area contributed by atoms with E-state index in [4.69, 9.17) is 0 Å². The van der Waals surface area contributed by atoms with Crippen LogP contribution in [-0.4, -0.2) is 32.8 Å². The fourth-order valence-corrected chi connectivity index (χ4v) is 4.01. The average molecular weight is 400 g/mol. The SMILES string of the molecule is O=C(CC(c1ccccc1)C1([N+](=O)[O-])C(=O)c2ccccc2C1=O)c1ccccn1. The highest BCUT2D eigenvalue weighted by Crippen LogP contribution is 2.44. The minimum Gasteiger partial charge on any atom is -0.292 e. The molecule has 148 valence electrons. The summed E-state index contributed by atoms with van der Waals surface area (Å²) in [6.45, 7) is 0. The molecular weight excluding hydrogens is 384 g/mol. The number of benzene rings is 2.